The van der Waals surface area contributed by atoms with Crippen LogP contribution in [0, 0.1) is 0 Å². The van der Waals surface area contributed by atoms with Crippen molar-refractivity contribution in [2.75, 3.05) is 26.6 Å². The Bertz CT molecular complexity index is 815. The second kappa shape index (κ2) is 6.89. The molecule has 0 aliphatic carbocycles. The van der Waals surface area contributed by atoms with Gasteiger partial charge in [-0.25, -0.2) is 0 Å². The molecule has 5 heteroatoms. The maximum absolute atomic E-state index is 12.8. The molecule has 1 atom stereocenters. The molecule has 1 aliphatic heterocycles. The van der Waals surface area contributed by atoms with Gasteiger partial charge in [-0.15, -0.1) is 0 Å². The highest BCUT2D eigenvalue weighted by atomic mass is 16.5. The number of ether oxygens (including phenoxy) is 2. The van der Waals surface area contributed by atoms with Gasteiger partial charge in [0.25, 0.3) is 5.91 Å². The number of hydrogen-bond acceptors (Lipinski definition) is 4. The number of likely N-dealkylation sites (N-methyl/N-ethyl adjacent to an activating group) is 1. The summed E-state index contributed by atoms with van der Waals surface area (Å²) in [6.07, 6.45) is 1.85. The highest BCUT2D eigenvalue weighted by Crippen LogP contribution is 2.37. The van der Waals surface area contributed by atoms with Crippen LogP contribution in [-0.2, 0) is 0 Å². The van der Waals surface area contributed by atoms with Crippen molar-refractivity contribution in [3.8, 4) is 11.5 Å². The number of hydrogen-bond donors (Lipinski definition) is 1. The van der Waals surface area contributed by atoms with Crippen molar-refractivity contribution in [3.63, 3.8) is 0 Å². The number of rotatable bonds is 4. The zero-order valence-electron chi connectivity index (χ0n) is 14.9. The Morgan fingerprint density at radius 3 is 2.40 bits per heavy atom. The van der Waals surface area contributed by atoms with Gasteiger partial charge in [0.1, 0.15) is 6.17 Å². The van der Waals surface area contributed by atoms with Crippen molar-refractivity contribution in [1.82, 2.24) is 4.90 Å². The molecule has 25 heavy (non-hydrogen) atoms. The first-order valence-corrected chi connectivity index (χ1v) is 8.08. The number of anilines is 1. The zero-order chi connectivity index (χ0) is 18.0. The monoisotopic (exact) mass is 338 g/mol. The lowest BCUT2D eigenvalue weighted by atomic mass is 10.0. The molecule has 1 aliphatic rings. The fourth-order valence-corrected chi connectivity index (χ4v) is 3.04. The lowest BCUT2D eigenvalue weighted by Gasteiger charge is -2.36. The average Bonchev–Trinajstić information content (AvgIpc) is 2.64. The van der Waals surface area contributed by atoms with Crippen LogP contribution in [0.3, 0.4) is 0 Å². The summed E-state index contributed by atoms with van der Waals surface area (Å²) < 4.78 is 10.7. The molecule has 0 radical (unpaired) electrons. The highest BCUT2D eigenvalue weighted by Gasteiger charge is 2.31. The summed E-state index contributed by atoms with van der Waals surface area (Å²) >= 11 is 0. The predicted molar refractivity (Wildman–Crippen MR) is 99.1 cm³/mol. The minimum atomic E-state index is -0.224. The second-order valence-corrected chi connectivity index (χ2v) is 6.01. The largest absolute Gasteiger partial charge is 0.493 e. The summed E-state index contributed by atoms with van der Waals surface area (Å²) in [5, 5.41) is 3.42. The Morgan fingerprint density at radius 2 is 1.76 bits per heavy atom. The van der Waals surface area contributed by atoms with Crippen LogP contribution in [0.25, 0.3) is 6.08 Å². The van der Waals surface area contributed by atoms with Gasteiger partial charge in [0.05, 0.1) is 25.5 Å². The third-order valence-corrected chi connectivity index (χ3v) is 4.38. The Kier molecular flexibility index (Phi) is 4.65. The van der Waals surface area contributed by atoms with E-state index in [0.717, 1.165) is 16.8 Å². The number of fused-ring (bicyclic) bond motifs is 1. The van der Waals surface area contributed by atoms with E-state index in [1.807, 2.05) is 43.3 Å². The smallest absolute Gasteiger partial charge is 0.257 e. The molecular formula is C20H22N2O3. The van der Waals surface area contributed by atoms with Gasteiger partial charge in [0, 0.05) is 13.1 Å². The molecule has 1 heterocycles. The lowest BCUT2D eigenvalue weighted by molar-refractivity contribution is 0.0757. The van der Waals surface area contributed by atoms with E-state index in [-0.39, 0.29) is 12.1 Å². The van der Waals surface area contributed by atoms with Crippen molar-refractivity contribution in [2.45, 2.75) is 13.1 Å². The Hall–Kier alpha value is -2.95. The van der Waals surface area contributed by atoms with Crippen LogP contribution >= 0.6 is 0 Å². The number of amides is 1. The SMILES string of the molecule is COc1cc2c(cc1OC)C(=O)N(C)[C@H](/C(C)=C/c1ccccc1)N2. The first-order chi connectivity index (χ1) is 12.0. The molecular weight excluding hydrogens is 316 g/mol. The van der Waals surface area contributed by atoms with Gasteiger partial charge in [-0.2, -0.15) is 0 Å². The van der Waals surface area contributed by atoms with Gasteiger partial charge in [-0.05, 0) is 24.1 Å². The van der Waals surface area contributed by atoms with Crippen LogP contribution in [0.5, 0.6) is 11.5 Å². The first kappa shape index (κ1) is 16.9. The summed E-state index contributed by atoms with van der Waals surface area (Å²) in [5.41, 5.74) is 3.46. The van der Waals surface area contributed by atoms with E-state index in [2.05, 4.69) is 11.4 Å². The van der Waals surface area contributed by atoms with Gasteiger partial charge in [-0.1, -0.05) is 36.4 Å². The van der Waals surface area contributed by atoms with E-state index >= 15 is 0 Å². The minimum Gasteiger partial charge on any atom is -0.493 e. The molecule has 2 aromatic carbocycles. The van der Waals surface area contributed by atoms with Crippen molar-refractivity contribution < 1.29 is 14.3 Å². The van der Waals surface area contributed by atoms with Gasteiger partial charge >= 0.3 is 0 Å². The topological polar surface area (TPSA) is 50.8 Å². The minimum absolute atomic E-state index is 0.0551. The van der Waals surface area contributed by atoms with Crippen LogP contribution in [-0.4, -0.2) is 38.2 Å². The van der Waals surface area contributed by atoms with Crippen molar-refractivity contribution in [3.05, 3.63) is 59.2 Å². The fraction of sp³-hybridized carbons (Fsp3) is 0.250. The molecule has 0 saturated heterocycles. The Labute approximate surface area is 147 Å². The molecule has 0 saturated carbocycles. The summed E-state index contributed by atoms with van der Waals surface area (Å²) in [6.45, 7) is 2.01. The van der Waals surface area contributed by atoms with E-state index < -0.39 is 0 Å². The Morgan fingerprint density at radius 1 is 1.12 bits per heavy atom. The van der Waals surface area contributed by atoms with Crippen LogP contribution < -0.4 is 14.8 Å². The third kappa shape index (κ3) is 3.18. The number of methoxy groups -OCH3 is 2. The number of carbonyl (C=O) groups is 1. The van der Waals surface area contributed by atoms with E-state index in [0.29, 0.717) is 17.1 Å². The molecule has 3 rings (SSSR count). The molecule has 2 aromatic rings. The van der Waals surface area contributed by atoms with Gasteiger partial charge in [0.2, 0.25) is 0 Å². The van der Waals surface area contributed by atoms with Crippen LogP contribution in [0.4, 0.5) is 5.69 Å². The fourth-order valence-electron chi connectivity index (χ4n) is 3.04. The van der Waals surface area contributed by atoms with Crippen molar-refractivity contribution >= 4 is 17.7 Å². The maximum Gasteiger partial charge on any atom is 0.257 e. The quantitative estimate of drug-likeness (QED) is 0.925. The van der Waals surface area contributed by atoms with E-state index in [4.69, 9.17) is 9.47 Å². The summed E-state index contributed by atoms with van der Waals surface area (Å²) in [7, 11) is 4.94. The van der Waals surface area contributed by atoms with E-state index in [1.54, 1.807) is 32.2 Å². The van der Waals surface area contributed by atoms with Gasteiger partial charge < -0.3 is 19.7 Å². The molecule has 0 bridgehead atoms. The van der Waals surface area contributed by atoms with Gasteiger partial charge in [0.15, 0.2) is 11.5 Å². The van der Waals surface area contributed by atoms with Crippen molar-refractivity contribution in [1.29, 1.82) is 0 Å². The van der Waals surface area contributed by atoms with Crippen LogP contribution in [0.2, 0.25) is 0 Å². The lowest BCUT2D eigenvalue weighted by Crippen LogP contribution is -2.47. The molecule has 1 amide bonds. The Balaban J connectivity index is 1.98. The highest BCUT2D eigenvalue weighted by molar-refractivity contribution is 6.02. The standard InChI is InChI=1S/C20H22N2O3/c1-13(10-14-8-6-5-7-9-14)19-21-16-12-18(25-4)17(24-3)11-15(16)20(23)22(19)2/h5-12,19,21H,1-4H3/b13-10+/t19-/m1/s1. The predicted octanol–water partition coefficient (Wildman–Crippen LogP) is 3.63. The van der Waals surface area contributed by atoms with Crippen LogP contribution in [0.15, 0.2) is 48.0 Å². The number of nitrogens with one attached hydrogen (secondary N) is 1. The zero-order valence-corrected chi connectivity index (χ0v) is 14.9. The van der Waals surface area contributed by atoms with Crippen LogP contribution in [0.1, 0.15) is 22.8 Å². The molecule has 5 nitrogen and oxygen atoms in total. The number of carbonyl (C=O) groups excluding carboxylic acids is 1. The molecule has 130 valence electrons. The normalized spacial score (nSPS) is 17.0. The summed E-state index contributed by atoms with van der Waals surface area (Å²) in [4.78, 5) is 14.5. The molecule has 0 fully saturated rings. The maximum atomic E-state index is 12.8. The number of nitrogens with zero attached hydrogens (tertiary/aromatic N) is 1. The second-order valence-electron chi connectivity index (χ2n) is 6.01. The molecule has 0 spiro atoms. The number of benzene rings is 2. The van der Waals surface area contributed by atoms with E-state index in [1.165, 1.54) is 0 Å². The van der Waals surface area contributed by atoms with Crippen molar-refractivity contribution in [2.24, 2.45) is 0 Å². The first-order valence-electron chi connectivity index (χ1n) is 8.08. The molecule has 0 unspecified atom stereocenters. The van der Waals surface area contributed by atoms with Gasteiger partial charge in [-0.3, -0.25) is 4.79 Å². The molecule has 0 aromatic heterocycles. The van der Waals surface area contributed by atoms with E-state index in [9.17, 15) is 4.79 Å². The molecule has 1 N–H and O–H groups in total. The summed E-state index contributed by atoms with van der Waals surface area (Å²) in [6, 6.07) is 13.6. The average molecular weight is 338 g/mol. The third-order valence-electron chi connectivity index (χ3n) is 4.38. The summed E-state index contributed by atoms with van der Waals surface area (Å²) in [5.74, 6) is 1.08.